The Hall–Kier alpha value is -3.26. The predicted molar refractivity (Wildman–Crippen MR) is 104 cm³/mol. The molecule has 2 aromatic heterocycles. The second-order valence-electron chi connectivity index (χ2n) is 8.11. The van der Waals surface area contributed by atoms with Crippen LogP contribution in [0.4, 0.5) is 4.39 Å². The minimum absolute atomic E-state index is 0.0137. The fourth-order valence-corrected chi connectivity index (χ4v) is 4.04. The maximum Gasteiger partial charge on any atom is 0.165 e. The van der Waals surface area contributed by atoms with E-state index in [0.29, 0.717) is 12.8 Å². The van der Waals surface area contributed by atoms with Gasteiger partial charge in [0.1, 0.15) is 11.9 Å². The summed E-state index contributed by atoms with van der Waals surface area (Å²) in [5, 5.41) is 9.14. The minimum Gasteiger partial charge on any atom is -0.358 e. The molecule has 0 saturated carbocycles. The van der Waals surface area contributed by atoms with E-state index in [1.807, 2.05) is 18.2 Å². The van der Waals surface area contributed by atoms with E-state index in [9.17, 15) is 9.18 Å². The first kappa shape index (κ1) is 18.1. The molecule has 5 heteroatoms. The first-order valence-corrected chi connectivity index (χ1v) is 9.24. The van der Waals surface area contributed by atoms with Crippen molar-refractivity contribution in [3.05, 3.63) is 76.5 Å². The number of nitrogens with zero attached hydrogens (tertiary/aromatic N) is 2. The highest BCUT2D eigenvalue weighted by atomic mass is 19.1. The van der Waals surface area contributed by atoms with Gasteiger partial charge in [0.15, 0.2) is 5.78 Å². The number of nitrogens with one attached hydrogen (secondary N) is 1. The fourth-order valence-electron chi connectivity index (χ4n) is 4.04. The van der Waals surface area contributed by atoms with Crippen molar-refractivity contribution in [3.8, 4) is 17.3 Å². The standard InChI is InChI=1S/C23H20FN3O/c1-23(2)11-19-21(20(28)12-23)17(22(27-19)15-5-7-26-8-6-15)10-14-3-4-18(24)16(9-14)13-25/h3-9,27H,10-12H2,1-2H3. The normalized spacial score (nSPS) is 15.1. The van der Waals surface area contributed by atoms with Crippen LogP contribution in [-0.4, -0.2) is 15.8 Å². The molecule has 0 radical (unpaired) electrons. The van der Waals surface area contributed by atoms with Crippen LogP contribution in [0.25, 0.3) is 11.3 Å². The molecule has 4 rings (SSSR count). The number of pyridine rings is 1. The van der Waals surface area contributed by atoms with Crippen LogP contribution < -0.4 is 0 Å². The van der Waals surface area contributed by atoms with Crippen molar-refractivity contribution >= 4 is 5.78 Å². The van der Waals surface area contributed by atoms with Crippen LogP contribution in [0.15, 0.2) is 42.7 Å². The van der Waals surface area contributed by atoms with Crippen molar-refractivity contribution in [3.63, 3.8) is 0 Å². The second-order valence-corrected chi connectivity index (χ2v) is 8.11. The van der Waals surface area contributed by atoms with E-state index in [2.05, 4.69) is 23.8 Å². The number of rotatable bonds is 3. The third-order valence-electron chi connectivity index (χ3n) is 5.26. The first-order valence-electron chi connectivity index (χ1n) is 9.24. The van der Waals surface area contributed by atoms with Crippen molar-refractivity contribution in [1.29, 1.82) is 5.26 Å². The monoisotopic (exact) mass is 373 g/mol. The number of benzene rings is 1. The fraction of sp³-hybridized carbons (Fsp3) is 0.261. The largest absolute Gasteiger partial charge is 0.358 e. The summed E-state index contributed by atoms with van der Waals surface area (Å²) in [6.45, 7) is 4.19. The van der Waals surface area contributed by atoms with Crippen molar-refractivity contribution in [2.75, 3.05) is 0 Å². The molecule has 0 atom stereocenters. The number of carbonyl (C=O) groups excluding carboxylic acids is 1. The Balaban J connectivity index is 1.87. The zero-order chi connectivity index (χ0) is 19.9. The Morgan fingerprint density at radius 1 is 1.21 bits per heavy atom. The number of fused-ring (bicyclic) bond motifs is 1. The number of H-pyrrole nitrogens is 1. The summed E-state index contributed by atoms with van der Waals surface area (Å²) < 4.78 is 13.7. The van der Waals surface area contributed by atoms with E-state index >= 15 is 0 Å². The number of aromatic amines is 1. The second kappa shape index (κ2) is 6.72. The van der Waals surface area contributed by atoms with Gasteiger partial charge >= 0.3 is 0 Å². The van der Waals surface area contributed by atoms with Gasteiger partial charge in [0.25, 0.3) is 0 Å². The first-order chi connectivity index (χ1) is 13.4. The smallest absolute Gasteiger partial charge is 0.165 e. The summed E-state index contributed by atoms with van der Waals surface area (Å²) in [6.07, 6.45) is 5.17. The molecule has 0 saturated heterocycles. The zero-order valence-corrected chi connectivity index (χ0v) is 15.8. The number of Topliss-reactive ketones (excluding diaryl/α,β-unsaturated/α-hetero) is 1. The van der Waals surface area contributed by atoms with E-state index in [4.69, 9.17) is 5.26 Å². The van der Waals surface area contributed by atoms with Crippen LogP contribution in [0.1, 0.15) is 53.0 Å². The molecule has 0 fully saturated rings. The zero-order valence-electron chi connectivity index (χ0n) is 15.8. The Morgan fingerprint density at radius 3 is 2.68 bits per heavy atom. The molecule has 28 heavy (non-hydrogen) atoms. The van der Waals surface area contributed by atoms with Gasteiger partial charge in [-0.3, -0.25) is 9.78 Å². The van der Waals surface area contributed by atoms with Crippen molar-refractivity contribution in [1.82, 2.24) is 9.97 Å². The summed E-state index contributed by atoms with van der Waals surface area (Å²) in [6, 6.07) is 10.2. The molecular formula is C23H20FN3O. The molecule has 0 unspecified atom stereocenters. The molecule has 2 heterocycles. The molecule has 1 aliphatic rings. The van der Waals surface area contributed by atoms with Crippen LogP contribution in [0, 0.1) is 22.6 Å². The summed E-state index contributed by atoms with van der Waals surface area (Å²) >= 11 is 0. The van der Waals surface area contributed by atoms with Gasteiger partial charge in [-0.2, -0.15) is 5.26 Å². The van der Waals surface area contributed by atoms with Gasteiger partial charge in [-0.1, -0.05) is 19.9 Å². The molecule has 1 aliphatic carbocycles. The highest BCUT2D eigenvalue weighted by Crippen LogP contribution is 2.40. The van der Waals surface area contributed by atoms with Crippen LogP contribution in [0.3, 0.4) is 0 Å². The molecule has 0 spiro atoms. The molecule has 0 bridgehead atoms. The van der Waals surface area contributed by atoms with E-state index in [-0.39, 0.29) is 16.8 Å². The van der Waals surface area contributed by atoms with Gasteiger partial charge in [0.2, 0.25) is 0 Å². The topological polar surface area (TPSA) is 69.5 Å². The summed E-state index contributed by atoms with van der Waals surface area (Å²) in [7, 11) is 0. The number of aromatic nitrogens is 2. The summed E-state index contributed by atoms with van der Waals surface area (Å²) in [4.78, 5) is 20.5. The van der Waals surface area contributed by atoms with Crippen molar-refractivity contribution in [2.45, 2.75) is 33.1 Å². The summed E-state index contributed by atoms with van der Waals surface area (Å²) in [5.74, 6) is -0.407. The van der Waals surface area contributed by atoms with Crippen LogP contribution in [-0.2, 0) is 12.8 Å². The quantitative estimate of drug-likeness (QED) is 0.715. The van der Waals surface area contributed by atoms with E-state index in [1.54, 1.807) is 24.5 Å². The van der Waals surface area contributed by atoms with Gasteiger partial charge in [-0.05, 0) is 47.2 Å². The Bertz CT molecular complexity index is 1110. The molecule has 0 aliphatic heterocycles. The van der Waals surface area contributed by atoms with Gasteiger partial charge in [-0.25, -0.2) is 4.39 Å². The van der Waals surface area contributed by atoms with Crippen molar-refractivity contribution in [2.24, 2.45) is 5.41 Å². The van der Waals surface area contributed by atoms with E-state index in [1.165, 1.54) is 6.07 Å². The van der Waals surface area contributed by atoms with Crippen LogP contribution in [0.5, 0.6) is 0 Å². The number of hydrogen-bond acceptors (Lipinski definition) is 3. The third-order valence-corrected chi connectivity index (χ3v) is 5.26. The predicted octanol–water partition coefficient (Wildman–Crippen LogP) is 4.83. The maximum atomic E-state index is 13.7. The van der Waals surface area contributed by atoms with Crippen LogP contribution in [0.2, 0.25) is 0 Å². The highest BCUT2D eigenvalue weighted by Gasteiger charge is 2.35. The summed E-state index contributed by atoms with van der Waals surface area (Å²) in [5.41, 5.74) is 5.16. The lowest BCUT2D eigenvalue weighted by atomic mass is 9.75. The number of hydrogen-bond donors (Lipinski definition) is 1. The maximum absolute atomic E-state index is 13.7. The average Bonchev–Trinajstić information content (AvgIpc) is 3.01. The molecule has 4 nitrogen and oxygen atoms in total. The average molecular weight is 373 g/mol. The third kappa shape index (κ3) is 3.22. The Morgan fingerprint density at radius 2 is 1.96 bits per heavy atom. The van der Waals surface area contributed by atoms with Gasteiger partial charge < -0.3 is 4.98 Å². The SMILES string of the molecule is CC1(C)CC(=O)c2c([nH]c(-c3ccncc3)c2Cc2ccc(F)c(C#N)c2)C1. The number of halogens is 1. The van der Waals surface area contributed by atoms with Crippen LogP contribution >= 0.6 is 0 Å². The lowest BCUT2D eigenvalue weighted by Crippen LogP contribution is -2.27. The Kier molecular flexibility index (Phi) is 4.35. The highest BCUT2D eigenvalue weighted by molar-refractivity contribution is 6.02. The molecule has 1 aromatic carbocycles. The molecule has 140 valence electrons. The molecule has 3 aromatic rings. The molecular weight excluding hydrogens is 353 g/mol. The van der Waals surface area contributed by atoms with Gasteiger partial charge in [-0.15, -0.1) is 0 Å². The lowest BCUT2D eigenvalue weighted by Gasteiger charge is -2.28. The van der Waals surface area contributed by atoms with Gasteiger partial charge in [0, 0.05) is 42.1 Å². The number of nitriles is 1. The molecule has 1 N–H and O–H groups in total. The number of ketones is 1. The van der Waals surface area contributed by atoms with E-state index in [0.717, 1.165) is 40.1 Å². The number of carbonyl (C=O) groups is 1. The molecule has 0 amide bonds. The Labute approximate surface area is 163 Å². The van der Waals surface area contributed by atoms with E-state index < -0.39 is 5.82 Å². The van der Waals surface area contributed by atoms with Gasteiger partial charge in [0.05, 0.1) is 11.3 Å². The lowest BCUT2D eigenvalue weighted by molar-refractivity contribution is 0.0911. The minimum atomic E-state index is -0.533. The van der Waals surface area contributed by atoms with Crippen molar-refractivity contribution < 1.29 is 9.18 Å².